The van der Waals surface area contributed by atoms with Crippen LogP contribution in [0.25, 0.3) is 21.6 Å². The third kappa shape index (κ3) is 5.38. The molecule has 37 heavy (non-hydrogen) atoms. The van der Waals surface area contributed by atoms with E-state index < -0.39 is 0 Å². The van der Waals surface area contributed by atoms with Gasteiger partial charge in [0.15, 0.2) is 11.5 Å². The molecule has 1 aliphatic carbocycles. The quantitative estimate of drug-likeness (QED) is 0.179. The lowest BCUT2D eigenvalue weighted by Crippen LogP contribution is -2.12. The average Bonchev–Trinajstić information content (AvgIpc) is 3.28. The minimum atomic E-state index is -0.109. The van der Waals surface area contributed by atoms with Gasteiger partial charge in [-0.1, -0.05) is 35.9 Å². The first-order chi connectivity index (χ1) is 18.1. The van der Waals surface area contributed by atoms with Gasteiger partial charge in [-0.15, -0.1) is 17.9 Å². The number of fused-ring (bicyclic) bond motifs is 3. The van der Waals surface area contributed by atoms with Gasteiger partial charge in [0.1, 0.15) is 29.6 Å². The van der Waals surface area contributed by atoms with Crippen LogP contribution in [0.4, 0.5) is 0 Å². The van der Waals surface area contributed by atoms with E-state index >= 15 is 0 Å². The third-order valence-corrected chi connectivity index (χ3v) is 7.80. The fourth-order valence-corrected chi connectivity index (χ4v) is 6.20. The lowest BCUT2D eigenvalue weighted by atomic mass is 9.97. The van der Waals surface area contributed by atoms with Gasteiger partial charge in [-0.3, -0.25) is 4.79 Å². The normalized spacial score (nSPS) is 12.8. The molecular weight excluding hydrogens is 508 g/mol. The average molecular weight is 537 g/mol. The molecule has 0 fully saturated rings. The molecule has 2 aromatic carbocycles. The SMILES string of the molecule is C=CCc1ccccc1OCCOc1c(Cl)cc(-c2nc3sc4c(c3c(=O)[nH]2)CCCC4)cc1OCC. The number of ether oxygens (including phenoxy) is 3. The Bertz CT molecular complexity index is 1490. The zero-order valence-corrected chi connectivity index (χ0v) is 22.3. The van der Waals surface area contributed by atoms with Gasteiger partial charge < -0.3 is 19.2 Å². The number of hydrogen-bond donors (Lipinski definition) is 1. The van der Waals surface area contributed by atoms with Crippen molar-refractivity contribution in [2.24, 2.45) is 0 Å². The maximum Gasteiger partial charge on any atom is 0.260 e. The fraction of sp³-hybridized carbons (Fsp3) is 0.310. The molecule has 0 unspecified atom stereocenters. The maximum atomic E-state index is 13.0. The highest BCUT2D eigenvalue weighted by Gasteiger charge is 2.21. The largest absolute Gasteiger partial charge is 0.490 e. The third-order valence-electron chi connectivity index (χ3n) is 6.33. The van der Waals surface area contributed by atoms with Crippen molar-refractivity contribution >= 4 is 33.2 Å². The maximum absolute atomic E-state index is 13.0. The molecule has 4 aromatic rings. The van der Waals surface area contributed by atoms with Crippen LogP contribution >= 0.6 is 22.9 Å². The van der Waals surface area contributed by atoms with Crippen LogP contribution in [0.5, 0.6) is 17.2 Å². The van der Waals surface area contributed by atoms with Crippen LogP contribution in [0.3, 0.4) is 0 Å². The summed E-state index contributed by atoms with van der Waals surface area (Å²) in [5.41, 5.74) is 2.79. The Balaban J connectivity index is 1.37. The molecule has 2 aromatic heterocycles. The number of nitrogens with one attached hydrogen (secondary N) is 1. The predicted octanol–water partition coefficient (Wildman–Crippen LogP) is 6.77. The molecule has 0 saturated carbocycles. The molecule has 0 saturated heterocycles. The fourth-order valence-electron chi connectivity index (χ4n) is 4.67. The van der Waals surface area contributed by atoms with Crippen molar-refractivity contribution < 1.29 is 14.2 Å². The van der Waals surface area contributed by atoms with Gasteiger partial charge in [0.25, 0.3) is 5.56 Å². The summed E-state index contributed by atoms with van der Waals surface area (Å²) in [5.74, 6) is 2.20. The van der Waals surface area contributed by atoms with E-state index in [0.29, 0.717) is 41.1 Å². The minimum absolute atomic E-state index is 0.109. The second kappa shape index (κ2) is 11.4. The van der Waals surface area contributed by atoms with Crippen LogP contribution in [-0.2, 0) is 19.3 Å². The molecule has 0 bridgehead atoms. The smallest absolute Gasteiger partial charge is 0.260 e. The molecule has 2 heterocycles. The number of rotatable bonds is 10. The monoisotopic (exact) mass is 536 g/mol. The molecule has 6 nitrogen and oxygen atoms in total. The predicted molar refractivity (Wildman–Crippen MR) is 150 cm³/mol. The van der Waals surface area contributed by atoms with Crippen molar-refractivity contribution in [2.45, 2.75) is 39.0 Å². The number of para-hydroxylation sites is 1. The summed E-state index contributed by atoms with van der Waals surface area (Å²) >= 11 is 8.27. The Morgan fingerprint density at radius 3 is 2.76 bits per heavy atom. The van der Waals surface area contributed by atoms with Gasteiger partial charge in [0.2, 0.25) is 0 Å². The second-order valence-corrected chi connectivity index (χ2v) is 10.3. The van der Waals surface area contributed by atoms with Crippen LogP contribution in [0, 0.1) is 0 Å². The van der Waals surface area contributed by atoms with Gasteiger partial charge in [0.05, 0.1) is 17.0 Å². The zero-order chi connectivity index (χ0) is 25.8. The highest BCUT2D eigenvalue weighted by atomic mass is 35.5. The molecule has 0 radical (unpaired) electrons. The van der Waals surface area contributed by atoms with E-state index in [1.165, 1.54) is 4.88 Å². The topological polar surface area (TPSA) is 73.4 Å². The number of allylic oxidation sites excluding steroid dienone is 1. The Kier molecular flexibility index (Phi) is 7.82. The first-order valence-electron chi connectivity index (χ1n) is 12.5. The van der Waals surface area contributed by atoms with Gasteiger partial charge >= 0.3 is 0 Å². The summed E-state index contributed by atoms with van der Waals surface area (Å²) in [5, 5.41) is 1.11. The van der Waals surface area contributed by atoms with Crippen molar-refractivity contribution in [3.8, 4) is 28.6 Å². The van der Waals surface area contributed by atoms with E-state index in [1.807, 2.05) is 43.3 Å². The van der Waals surface area contributed by atoms with E-state index in [0.717, 1.165) is 59.2 Å². The van der Waals surface area contributed by atoms with Gasteiger partial charge in [0, 0.05) is 10.4 Å². The highest BCUT2D eigenvalue weighted by molar-refractivity contribution is 7.18. The number of benzene rings is 2. The molecule has 1 N–H and O–H groups in total. The van der Waals surface area contributed by atoms with Crippen LogP contribution in [0.15, 0.2) is 53.8 Å². The van der Waals surface area contributed by atoms with Gasteiger partial charge in [-0.2, -0.15) is 0 Å². The van der Waals surface area contributed by atoms with Crippen LogP contribution in [0.1, 0.15) is 35.8 Å². The van der Waals surface area contributed by atoms with E-state index in [2.05, 4.69) is 11.6 Å². The molecule has 0 amide bonds. The first-order valence-corrected chi connectivity index (χ1v) is 13.7. The highest BCUT2D eigenvalue weighted by Crippen LogP contribution is 2.40. The molecular formula is C29H29ClN2O4S. The van der Waals surface area contributed by atoms with Crippen molar-refractivity contribution in [1.29, 1.82) is 0 Å². The first kappa shape index (κ1) is 25.4. The molecule has 0 aliphatic heterocycles. The van der Waals surface area contributed by atoms with Crippen molar-refractivity contribution in [3.63, 3.8) is 0 Å². The lowest BCUT2D eigenvalue weighted by Gasteiger charge is -2.16. The molecule has 5 rings (SSSR count). The van der Waals surface area contributed by atoms with Crippen LogP contribution in [0.2, 0.25) is 5.02 Å². The number of halogens is 1. The summed E-state index contributed by atoms with van der Waals surface area (Å²) in [6.45, 7) is 6.75. The summed E-state index contributed by atoms with van der Waals surface area (Å²) < 4.78 is 17.8. The Morgan fingerprint density at radius 1 is 1.11 bits per heavy atom. The van der Waals surface area contributed by atoms with Crippen molar-refractivity contribution in [1.82, 2.24) is 9.97 Å². The molecule has 0 atom stereocenters. The summed E-state index contributed by atoms with van der Waals surface area (Å²) in [6.07, 6.45) is 6.80. The number of aryl methyl sites for hydroxylation is 2. The van der Waals surface area contributed by atoms with E-state index in [9.17, 15) is 4.79 Å². The number of thiophene rings is 1. The Hall–Kier alpha value is -3.29. The number of nitrogens with zero attached hydrogens (tertiary/aromatic N) is 1. The van der Waals surface area contributed by atoms with Gasteiger partial charge in [-0.25, -0.2) is 4.98 Å². The summed E-state index contributed by atoms with van der Waals surface area (Å²) in [6, 6.07) is 11.4. The number of aromatic amines is 1. The Morgan fingerprint density at radius 2 is 1.92 bits per heavy atom. The number of hydrogen-bond acceptors (Lipinski definition) is 6. The zero-order valence-electron chi connectivity index (χ0n) is 20.8. The molecule has 192 valence electrons. The second-order valence-electron chi connectivity index (χ2n) is 8.82. The minimum Gasteiger partial charge on any atom is -0.490 e. The van der Waals surface area contributed by atoms with Crippen LogP contribution in [-0.4, -0.2) is 29.8 Å². The molecule has 8 heteroatoms. The van der Waals surface area contributed by atoms with E-state index in [4.69, 9.17) is 30.8 Å². The lowest BCUT2D eigenvalue weighted by molar-refractivity contribution is 0.207. The standard InChI is InChI=1S/C29H29ClN2O4S/c1-3-9-18-10-5-7-12-22(18)35-14-15-36-26-21(30)16-19(17-23(26)34-4-2)27-31-28(33)25-20-11-6-8-13-24(20)37-29(25)32-27/h3,5,7,10,12,16-17H,1,4,6,8-9,11,13-15H2,2H3,(H,31,32,33). The molecule has 1 aliphatic rings. The summed E-state index contributed by atoms with van der Waals surface area (Å²) in [7, 11) is 0. The Labute approximate surface area is 224 Å². The summed E-state index contributed by atoms with van der Waals surface area (Å²) in [4.78, 5) is 22.8. The van der Waals surface area contributed by atoms with Crippen LogP contribution < -0.4 is 19.8 Å². The molecule has 0 spiro atoms. The van der Waals surface area contributed by atoms with Crippen molar-refractivity contribution in [2.75, 3.05) is 19.8 Å². The van der Waals surface area contributed by atoms with Gasteiger partial charge in [-0.05, 0) is 68.4 Å². The van der Waals surface area contributed by atoms with Crippen molar-refractivity contribution in [3.05, 3.63) is 80.4 Å². The van der Waals surface area contributed by atoms with E-state index in [1.54, 1.807) is 17.4 Å². The number of H-pyrrole nitrogens is 1. The number of aromatic nitrogens is 2. The van der Waals surface area contributed by atoms with E-state index in [-0.39, 0.29) is 12.2 Å².